The first kappa shape index (κ1) is 33.7. The first-order chi connectivity index (χ1) is 12.6. The molecule has 0 aliphatic heterocycles. The molecule has 0 heterocycles. The first-order valence-corrected chi connectivity index (χ1v) is 9.32. The molecule has 6 nitrogen and oxygen atoms in total. The van der Waals surface area contributed by atoms with Gasteiger partial charge in [0.05, 0.1) is 0 Å². The van der Waals surface area contributed by atoms with Gasteiger partial charge in [0.2, 0.25) is 0 Å². The summed E-state index contributed by atoms with van der Waals surface area (Å²) in [5.41, 5.74) is 0. The van der Waals surface area contributed by atoms with Crippen molar-refractivity contribution in [3.63, 3.8) is 0 Å². The molecule has 0 aromatic heterocycles. The molecule has 0 aromatic rings. The van der Waals surface area contributed by atoms with Gasteiger partial charge in [-0.2, -0.15) is 0 Å². The fourth-order valence-corrected chi connectivity index (χ4v) is 1.15. The number of ketones is 6. The van der Waals surface area contributed by atoms with Crippen molar-refractivity contribution >= 4 is 34.7 Å². The second kappa shape index (κ2) is 23.2. The van der Waals surface area contributed by atoms with Gasteiger partial charge in [-0.05, 0) is 38.5 Å². The summed E-state index contributed by atoms with van der Waals surface area (Å²) in [4.78, 5) is 63.0. The Morgan fingerprint density at radius 2 is 0.500 bits per heavy atom. The van der Waals surface area contributed by atoms with E-state index in [9.17, 15) is 28.8 Å². The zero-order valence-electron chi connectivity index (χ0n) is 17.8. The summed E-state index contributed by atoms with van der Waals surface area (Å²) in [6.07, 6.45) is 6.03. The number of carbonyl (C=O) groups is 6. The van der Waals surface area contributed by atoms with Crippen LogP contribution in [0.15, 0.2) is 0 Å². The van der Waals surface area contributed by atoms with E-state index in [1.807, 2.05) is 0 Å². The number of carbonyl (C=O) groups excluding carboxylic acids is 6. The molecular weight excluding hydrogens is 407 g/mol. The number of rotatable bonds is 12. The third kappa shape index (κ3) is 26.4. The number of hydrogen-bond donors (Lipinski definition) is 0. The molecular formula is C21H33CoO6. The molecule has 0 aliphatic rings. The molecule has 0 atom stereocenters. The standard InChI is InChI=1S/3C7H11O2.Co/c3*1-3-6(8)5-7(9)4-2;/h3*5H,3-4H2,1-2H3;/q3*-1;+3. The fraction of sp³-hybridized carbons (Fsp3) is 0.571. The van der Waals surface area contributed by atoms with Crippen LogP contribution < -0.4 is 0 Å². The van der Waals surface area contributed by atoms with Crippen molar-refractivity contribution in [3.8, 4) is 0 Å². The Morgan fingerprint density at radius 1 is 0.393 bits per heavy atom. The quantitative estimate of drug-likeness (QED) is 0.340. The maximum atomic E-state index is 10.5. The van der Waals surface area contributed by atoms with Crippen molar-refractivity contribution in [1.29, 1.82) is 0 Å². The Morgan fingerprint density at radius 3 is 0.571 bits per heavy atom. The molecule has 0 unspecified atom stereocenters. The van der Waals surface area contributed by atoms with Gasteiger partial charge in [0.15, 0.2) is 0 Å². The van der Waals surface area contributed by atoms with E-state index in [4.69, 9.17) is 0 Å². The van der Waals surface area contributed by atoms with Gasteiger partial charge in [-0.25, -0.2) is 0 Å². The summed E-state index contributed by atoms with van der Waals surface area (Å²) in [5, 5.41) is 0. The van der Waals surface area contributed by atoms with Gasteiger partial charge in [0.25, 0.3) is 0 Å². The van der Waals surface area contributed by atoms with Gasteiger partial charge in [0.1, 0.15) is 0 Å². The topological polar surface area (TPSA) is 102 Å². The molecule has 0 N–H and O–H groups in total. The van der Waals surface area contributed by atoms with E-state index in [2.05, 4.69) is 0 Å². The van der Waals surface area contributed by atoms with Crippen LogP contribution in [0, 0.1) is 19.3 Å². The zero-order valence-corrected chi connectivity index (χ0v) is 18.8. The van der Waals surface area contributed by atoms with Crippen molar-refractivity contribution in [2.24, 2.45) is 0 Å². The van der Waals surface area contributed by atoms with Gasteiger partial charge in [-0.1, -0.05) is 41.5 Å². The van der Waals surface area contributed by atoms with Gasteiger partial charge < -0.3 is 28.8 Å². The van der Waals surface area contributed by atoms with E-state index in [0.717, 1.165) is 0 Å². The van der Waals surface area contributed by atoms with Gasteiger partial charge in [-0.3, -0.25) is 19.3 Å². The van der Waals surface area contributed by atoms with Crippen LogP contribution in [0.3, 0.4) is 0 Å². The third-order valence-corrected chi connectivity index (χ3v) is 3.06. The monoisotopic (exact) mass is 440 g/mol. The average Bonchev–Trinajstić information content (AvgIpc) is 2.67. The Balaban J connectivity index is -0.000000152. The molecule has 0 aromatic carbocycles. The molecule has 0 rings (SSSR count). The van der Waals surface area contributed by atoms with Crippen LogP contribution in [0.4, 0.5) is 0 Å². The summed E-state index contributed by atoms with van der Waals surface area (Å²) in [5.74, 6) is -0.490. The molecule has 0 bridgehead atoms. The Bertz CT molecular complexity index is 384. The summed E-state index contributed by atoms with van der Waals surface area (Å²) in [6, 6.07) is 0. The molecule has 0 amide bonds. The molecule has 0 saturated heterocycles. The minimum atomic E-state index is -0.0816. The Kier molecular flexibility index (Phi) is 27.9. The summed E-state index contributed by atoms with van der Waals surface area (Å²) < 4.78 is 0. The maximum Gasteiger partial charge on any atom is 3.00 e. The van der Waals surface area contributed by atoms with Crippen LogP contribution in [0.25, 0.3) is 0 Å². The van der Waals surface area contributed by atoms with Crippen LogP contribution in [0.1, 0.15) is 80.1 Å². The minimum Gasteiger partial charge on any atom is -0.334 e. The average molecular weight is 440 g/mol. The first-order valence-electron chi connectivity index (χ1n) is 9.32. The van der Waals surface area contributed by atoms with E-state index >= 15 is 0 Å². The van der Waals surface area contributed by atoms with Gasteiger partial charge >= 0.3 is 16.8 Å². The van der Waals surface area contributed by atoms with Crippen LogP contribution in [0.2, 0.25) is 0 Å². The zero-order chi connectivity index (χ0) is 21.8. The van der Waals surface area contributed by atoms with Crippen LogP contribution in [-0.2, 0) is 45.5 Å². The smallest absolute Gasteiger partial charge is 0.334 e. The van der Waals surface area contributed by atoms with Gasteiger partial charge in [0, 0.05) is 34.7 Å². The largest absolute Gasteiger partial charge is 3.00 e. The summed E-state index contributed by atoms with van der Waals surface area (Å²) in [6.45, 7) is 10.4. The number of Topliss-reactive ketones (excluding diaryl/α,β-unsaturated/α-hetero) is 6. The van der Waals surface area contributed by atoms with Crippen LogP contribution in [0.5, 0.6) is 0 Å². The fourth-order valence-electron chi connectivity index (χ4n) is 1.15. The van der Waals surface area contributed by atoms with Crippen LogP contribution >= 0.6 is 0 Å². The van der Waals surface area contributed by atoms with E-state index in [1.54, 1.807) is 41.5 Å². The molecule has 0 aliphatic carbocycles. The molecule has 162 valence electrons. The van der Waals surface area contributed by atoms with E-state index < -0.39 is 0 Å². The van der Waals surface area contributed by atoms with E-state index in [0.29, 0.717) is 38.5 Å². The Hall–Kier alpha value is -1.86. The molecule has 28 heavy (non-hydrogen) atoms. The minimum absolute atomic E-state index is 0. The van der Waals surface area contributed by atoms with E-state index in [-0.39, 0.29) is 51.5 Å². The maximum absolute atomic E-state index is 10.5. The molecule has 0 fully saturated rings. The predicted octanol–water partition coefficient (Wildman–Crippen LogP) is 3.44. The molecule has 0 radical (unpaired) electrons. The van der Waals surface area contributed by atoms with Crippen molar-refractivity contribution in [2.75, 3.05) is 0 Å². The Labute approximate surface area is 179 Å². The van der Waals surface area contributed by atoms with E-state index in [1.165, 1.54) is 19.3 Å². The van der Waals surface area contributed by atoms with Crippen LogP contribution in [-0.4, -0.2) is 34.7 Å². The SMILES string of the molecule is CCC(=O)[CH-]C(=O)CC.CCC(=O)[CH-]C(=O)CC.CCC(=O)[CH-]C(=O)CC.[Co+3]. The second-order valence-corrected chi connectivity index (χ2v) is 5.35. The predicted molar refractivity (Wildman–Crippen MR) is 105 cm³/mol. The molecule has 0 spiro atoms. The number of hydrogen-bond acceptors (Lipinski definition) is 6. The van der Waals surface area contributed by atoms with Gasteiger partial charge in [-0.15, -0.1) is 0 Å². The molecule has 7 heteroatoms. The van der Waals surface area contributed by atoms with Crippen molar-refractivity contribution in [3.05, 3.63) is 19.3 Å². The van der Waals surface area contributed by atoms with Crippen molar-refractivity contribution in [1.82, 2.24) is 0 Å². The summed E-state index contributed by atoms with van der Waals surface area (Å²) in [7, 11) is 0. The molecule has 0 saturated carbocycles. The third-order valence-electron chi connectivity index (χ3n) is 3.06. The normalized spacial score (nSPS) is 8.36. The van der Waals surface area contributed by atoms with Crippen molar-refractivity contribution < 1.29 is 45.5 Å². The summed E-state index contributed by atoms with van der Waals surface area (Å²) >= 11 is 0. The second-order valence-electron chi connectivity index (χ2n) is 5.35. The van der Waals surface area contributed by atoms with Crippen molar-refractivity contribution in [2.45, 2.75) is 80.1 Å².